The van der Waals surface area contributed by atoms with Crippen LogP contribution in [-0.4, -0.2) is 37.4 Å². The Balaban J connectivity index is 2.34. The number of phenolic OH excluding ortho intramolecular Hbond substituents is 1. The van der Waals surface area contributed by atoms with Gasteiger partial charge in [-0.1, -0.05) is 50.0 Å². The summed E-state index contributed by atoms with van der Waals surface area (Å²) >= 11 is 6.24. The summed E-state index contributed by atoms with van der Waals surface area (Å²) in [5.74, 6) is -1.67. The molecule has 5 nitrogen and oxygen atoms in total. The molecule has 1 aromatic rings. The van der Waals surface area contributed by atoms with Gasteiger partial charge in [0, 0.05) is 0 Å². The van der Waals surface area contributed by atoms with Gasteiger partial charge < -0.3 is 10.2 Å². The van der Waals surface area contributed by atoms with E-state index in [1.165, 1.54) is 12.1 Å². The standard InChI is InChI=1S/C15H15NO4S2/c1-8(2)12(14(19)20)16-13(18)11(22-15(16)21)7-9-4-3-5-10(17)6-9/h3-8,12,17H,1-2H3,(H,19,20)/b11-7-. The van der Waals surface area contributed by atoms with E-state index in [4.69, 9.17) is 12.2 Å². The Morgan fingerprint density at radius 2 is 2.09 bits per heavy atom. The maximum Gasteiger partial charge on any atom is 0.327 e. The molecule has 0 aliphatic carbocycles. The van der Waals surface area contributed by atoms with Crippen LogP contribution in [0.25, 0.3) is 6.08 Å². The Labute approximate surface area is 137 Å². The second-order valence-electron chi connectivity index (χ2n) is 5.17. The SMILES string of the molecule is CC(C)C(C(=O)O)N1C(=O)/C(=C/c2cccc(O)c2)SC1=S. The highest BCUT2D eigenvalue weighted by Gasteiger charge is 2.41. The van der Waals surface area contributed by atoms with Crippen LogP contribution in [0, 0.1) is 5.92 Å². The van der Waals surface area contributed by atoms with E-state index in [9.17, 15) is 19.8 Å². The van der Waals surface area contributed by atoms with Gasteiger partial charge >= 0.3 is 5.97 Å². The molecule has 22 heavy (non-hydrogen) atoms. The molecule has 1 amide bonds. The summed E-state index contributed by atoms with van der Waals surface area (Å²) in [4.78, 5) is 25.4. The van der Waals surface area contributed by atoms with Gasteiger partial charge in [0.25, 0.3) is 5.91 Å². The van der Waals surface area contributed by atoms with E-state index in [1.807, 2.05) is 0 Å². The molecule has 0 bridgehead atoms. The molecular weight excluding hydrogens is 322 g/mol. The van der Waals surface area contributed by atoms with Gasteiger partial charge in [0.2, 0.25) is 0 Å². The first-order chi connectivity index (χ1) is 10.3. The van der Waals surface area contributed by atoms with E-state index >= 15 is 0 Å². The van der Waals surface area contributed by atoms with Crippen LogP contribution in [0.15, 0.2) is 29.2 Å². The van der Waals surface area contributed by atoms with Gasteiger partial charge in [-0.05, 0) is 29.7 Å². The van der Waals surface area contributed by atoms with E-state index in [2.05, 4.69) is 0 Å². The number of phenols is 1. The zero-order valence-electron chi connectivity index (χ0n) is 12.0. The molecule has 2 N–H and O–H groups in total. The third kappa shape index (κ3) is 3.31. The van der Waals surface area contributed by atoms with Gasteiger partial charge in [-0.2, -0.15) is 0 Å². The number of thiocarbonyl (C=S) groups is 1. The highest BCUT2D eigenvalue weighted by Crippen LogP contribution is 2.35. The lowest BCUT2D eigenvalue weighted by molar-refractivity contribution is -0.146. The first-order valence-corrected chi connectivity index (χ1v) is 7.82. The van der Waals surface area contributed by atoms with Crippen LogP contribution in [0.4, 0.5) is 0 Å². The molecular formula is C15H15NO4S2. The van der Waals surface area contributed by atoms with Crippen molar-refractivity contribution in [1.29, 1.82) is 0 Å². The molecule has 2 rings (SSSR count). The van der Waals surface area contributed by atoms with Crippen LogP contribution >= 0.6 is 24.0 Å². The van der Waals surface area contributed by atoms with Crippen LogP contribution in [0.3, 0.4) is 0 Å². The number of benzene rings is 1. The number of hydrogen-bond donors (Lipinski definition) is 2. The number of amides is 1. The lowest BCUT2D eigenvalue weighted by Crippen LogP contribution is -2.47. The van der Waals surface area contributed by atoms with E-state index in [1.54, 1.807) is 32.1 Å². The summed E-state index contributed by atoms with van der Waals surface area (Å²) in [6, 6.07) is 5.47. The van der Waals surface area contributed by atoms with Crippen LogP contribution in [-0.2, 0) is 9.59 Å². The van der Waals surface area contributed by atoms with Crippen LogP contribution in [0.5, 0.6) is 5.75 Å². The molecule has 1 unspecified atom stereocenters. The minimum Gasteiger partial charge on any atom is -0.508 e. The summed E-state index contributed by atoms with van der Waals surface area (Å²) in [5.41, 5.74) is 0.650. The highest BCUT2D eigenvalue weighted by atomic mass is 32.2. The molecule has 0 radical (unpaired) electrons. The predicted octanol–water partition coefficient (Wildman–Crippen LogP) is 2.70. The van der Waals surface area contributed by atoms with Crippen LogP contribution < -0.4 is 0 Å². The normalized spacial score (nSPS) is 18.3. The second kappa shape index (κ2) is 6.50. The number of carboxylic acid groups (broad SMARTS) is 1. The molecule has 0 saturated carbocycles. The number of nitrogens with zero attached hydrogens (tertiary/aromatic N) is 1. The van der Waals surface area contributed by atoms with Gasteiger partial charge in [-0.15, -0.1) is 0 Å². The first-order valence-electron chi connectivity index (χ1n) is 6.60. The van der Waals surface area contributed by atoms with E-state index in [-0.39, 0.29) is 16.0 Å². The Morgan fingerprint density at radius 3 is 2.64 bits per heavy atom. The van der Waals surface area contributed by atoms with Crippen molar-refractivity contribution in [2.45, 2.75) is 19.9 Å². The molecule has 0 spiro atoms. The Kier molecular flexibility index (Phi) is 4.87. The topological polar surface area (TPSA) is 77.8 Å². The van der Waals surface area contributed by atoms with E-state index in [0.29, 0.717) is 10.5 Å². The highest BCUT2D eigenvalue weighted by molar-refractivity contribution is 8.26. The second-order valence-corrected chi connectivity index (χ2v) is 6.85. The smallest absolute Gasteiger partial charge is 0.327 e. The van der Waals surface area contributed by atoms with Crippen molar-refractivity contribution in [1.82, 2.24) is 4.90 Å². The minimum atomic E-state index is -1.08. The van der Waals surface area contributed by atoms with Gasteiger partial charge in [-0.25, -0.2) is 4.79 Å². The Morgan fingerprint density at radius 1 is 1.41 bits per heavy atom. The van der Waals surface area contributed by atoms with Gasteiger partial charge in [0.15, 0.2) is 0 Å². The predicted molar refractivity (Wildman–Crippen MR) is 89.4 cm³/mol. The third-order valence-corrected chi connectivity index (χ3v) is 4.48. The molecule has 116 valence electrons. The fourth-order valence-corrected chi connectivity index (χ4v) is 3.51. The largest absolute Gasteiger partial charge is 0.508 e. The molecule has 1 saturated heterocycles. The maximum absolute atomic E-state index is 12.5. The van der Waals surface area contributed by atoms with Crippen molar-refractivity contribution >= 4 is 46.3 Å². The lowest BCUT2D eigenvalue weighted by Gasteiger charge is -2.26. The third-order valence-electron chi connectivity index (χ3n) is 3.15. The zero-order valence-corrected chi connectivity index (χ0v) is 13.6. The average Bonchev–Trinajstić information content (AvgIpc) is 2.66. The fourth-order valence-electron chi connectivity index (χ4n) is 2.18. The number of carboxylic acids is 1. The number of carbonyl (C=O) groups excluding carboxylic acids is 1. The van der Waals surface area contributed by atoms with Crippen LogP contribution in [0.2, 0.25) is 0 Å². The molecule has 0 aromatic heterocycles. The average molecular weight is 337 g/mol. The molecule has 1 aromatic carbocycles. The number of aliphatic carboxylic acids is 1. The zero-order chi connectivity index (χ0) is 16.4. The molecule has 1 atom stereocenters. The Bertz CT molecular complexity index is 669. The Hall–Kier alpha value is -1.86. The number of thioether (sulfide) groups is 1. The van der Waals surface area contributed by atoms with Crippen molar-refractivity contribution in [3.63, 3.8) is 0 Å². The quantitative estimate of drug-likeness (QED) is 0.650. The lowest BCUT2D eigenvalue weighted by atomic mass is 10.0. The molecule has 1 fully saturated rings. The molecule has 1 heterocycles. The van der Waals surface area contributed by atoms with E-state index in [0.717, 1.165) is 16.7 Å². The summed E-state index contributed by atoms with van der Waals surface area (Å²) in [7, 11) is 0. The van der Waals surface area contributed by atoms with Crippen molar-refractivity contribution in [2.75, 3.05) is 0 Å². The molecule has 1 aliphatic heterocycles. The van der Waals surface area contributed by atoms with E-state index < -0.39 is 17.9 Å². The first kappa shape index (κ1) is 16.5. The van der Waals surface area contributed by atoms with Crippen molar-refractivity contribution in [2.24, 2.45) is 5.92 Å². The summed E-state index contributed by atoms with van der Waals surface area (Å²) < 4.78 is 0.234. The van der Waals surface area contributed by atoms with Crippen molar-refractivity contribution in [3.05, 3.63) is 34.7 Å². The molecule has 7 heteroatoms. The monoisotopic (exact) mass is 337 g/mol. The van der Waals surface area contributed by atoms with Gasteiger partial charge in [0.1, 0.15) is 16.1 Å². The summed E-state index contributed by atoms with van der Waals surface area (Å²) in [6.45, 7) is 3.46. The summed E-state index contributed by atoms with van der Waals surface area (Å²) in [5, 5.41) is 18.8. The number of aromatic hydroxyl groups is 1. The van der Waals surface area contributed by atoms with Gasteiger partial charge in [0.05, 0.1) is 4.91 Å². The van der Waals surface area contributed by atoms with Crippen LogP contribution in [0.1, 0.15) is 19.4 Å². The van der Waals surface area contributed by atoms with Crippen molar-refractivity contribution < 1.29 is 19.8 Å². The minimum absolute atomic E-state index is 0.0924. The van der Waals surface area contributed by atoms with Gasteiger partial charge in [-0.3, -0.25) is 9.69 Å². The number of hydrogen-bond acceptors (Lipinski definition) is 5. The maximum atomic E-state index is 12.5. The summed E-state index contributed by atoms with van der Waals surface area (Å²) in [6.07, 6.45) is 1.60. The number of carbonyl (C=O) groups is 2. The van der Waals surface area contributed by atoms with Crippen molar-refractivity contribution in [3.8, 4) is 5.75 Å². The molecule has 1 aliphatic rings. The number of rotatable bonds is 4. The fraction of sp³-hybridized carbons (Fsp3) is 0.267.